The Morgan fingerprint density at radius 1 is 0.939 bits per heavy atom. The lowest BCUT2D eigenvalue weighted by Gasteiger charge is -2.34. The van der Waals surface area contributed by atoms with E-state index in [-0.39, 0.29) is 18.1 Å². The standard InChI is InChI=1S/C27H28Cl2N2O2/c1-30(25(19-5-3-2-4-6-19)18-31-16-15-24(32)17-31)27(33)26(20-7-11-22(28)12-8-20)21-9-13-23(29)14-10-21/h2-14,24-26,32H,15-18H2,1H3/t24-,25+/m0/s1. The number of amides is 1. The Morgan fingerprint density at radius 3 is 1.97 bits per heavy atom. The van der Waals surface area contributed by atoms with Crippen LogP contribution >= 0.6 is 23.2 Å². The van der Waals surface area contributed by atoms with Crippen LogP contribution in [0, 0.1) is 0 Å². The van der Waals surface area contributed by atoms with E-state index in [1.807, 2.05) is 78.7 Å². The van der Waals surface area contributed by atoms with Gasteiger partial charge in [-0.15, -0.1) is 0 Å². The summed E-state index contributed by atoms with van der Waals surface area (Å²) in [4.78, 5) is 18.1. The second kappa shape index (κ2) is 10.7. The predicted octanol–water partition coefficient (Wildman–Crippen LogP) is 5.39. The second-order valence-corrected chi connectivity index (χ2v) is 9.49. The smallest absolute Gasteiger partial charge is 0.234 e. The Balaban J connectivity index is 1.69. The Morgan fingerprint density at radius 2 is 1.48 bits per heavy atom. The summed E-state index contributed by atoms with van der Waals surface area (Å²) in [5, 5.41) is 11.3. The van der Waals surface area contributed by atoms with E-state index >= 15 is 0 Å². The highest BCUT2D eigenvalue weighted by molar-refractivity contribution is 6.30. The molecule has 3 aromatic rings. The number of aliphatic hydroxyl groups excluding tert-OH is 1. The van der Waals surface area contributed by atoms with Crippen molar-refractivity contribution in [2.45, 2.75) is 24.5 Å². The molecule has 33 heavy (non-hydrogen) atoms. The van der Waals surface area contributed by atoms with Crippen molar-refractivity contribution in [3.63, 3.8) is 0 Å². The van der Waals surface area contributed by atoms with Gasteiger partial charge in [0.25, 0.3) is 0 Å². The minimum atomic E-state index is -0.486. The van der Waals surface area contributed by atoms with Crippen molar-refractivity contribution in [2.75, 3.05) is 26.7 Å². The molecule has 1 N–H and O–H groups in total. The quantitative estimate of drug-likeness (QED) is 0.490. The van der Waals surface area contributed by atoms with Gasteiger partial charge in [-0.25, -0.2) is 0 Å². The SMILES string of the molecule is CN(C(=O)C(c1ccc(Cl)cc1)c1ccc(Cl)cc1)[C@H](CN1CC[C@H](O)C1)c1ccccc1. The Bertz CT molecular complexity index is 1010. The van der Waals surface area contributed by atoms with Crippen LogP contribution in [0.4, 0.5) is 0 Å². The fourth-order valence-electron chi connectivity index (χ4n) is 4.49. The molecule has 1 aliphatic rings. The number of likely N-dealkylation sites (N-methyl/N-ethyl adjacent to an activating group) is 1. The maximum atomic E-state index is 14.1. The lowest BCUT2D eigenvalue weighted by atomic mass is 9.89. The number of hydrogen-bond acceptors (Lipinski definition) is 3. The Labute approximate surface area is 205 Å². The summed E-state index contributed by atoms with van der Waals surface area (Å²) in [7, 11) is 1.87. The van der Waals surface area contributed by atoms with E-state index < -0.39 is 5.92 Å². The third-order valence-electron chi connectivity index (χ3n) is 6.33. The molecule has 1 fully saturated rings. The van der Waals surface area contributed by atoms with Crippen LogP contribution in [-0.2, 0) is 4.79 Å². The van der Waals surface area contributed by atoms with Crippen molar-refractivity contribution < 1.29 is 9.90 Å². The van der Waals surface area contributed by atoms with E-state index in [4.69, 9.17) is 23.2 Å². The van der Waals surface area contributed by atoms with Crippen LogP contribution in [-0.4, -0.2) is 53.6 Å². The van der Waals surface area contributed by atoms with Crippen molar-refractivity contribution >= 4 is 29.1 Å². The molecule has 0 aromatic heterocycles. The second-order valence-electron chi connectivity index (χ2n) is 8.61. The normalized spacial score (nSPS) is 17.3. The molecule has 0 bridgehead atoms. The van der Waals surface area contributed by atoms with Gasteiger partial charge in [-0.05, 0) is 47.4 Å². The summed E-state index contributed by atoms with van der Waals surface area (Å²) in [6, 6.07) is 24.8. The zero-order chi connectivity index (χ0) is 23.4. The first kappa shape index (κ1) is 23.8. The fraction of sp³-hybridized carbons (Fsp3) is 0.296. The van der Waals surface area contributed by atoms with Crippen molar-refractivity contribution in [1.82, 2.24) is 9.80 Å². The molecule has 1 saturated heterocycles. The zero-order valence-corrected chi connectivity index (χ0v) is 20.1. The first-order chi connectivity index (χ1) is 15.9. The Kier molecular flexibility index (Phi) is 7.71. The number of likely N-dealkylation sites (tertiary alicyclic amines) is 1. The number of hydrogen-bond donors (Lipinski definition) is 1. The van der Waals surface area contributed by atoms with E-state index in [1.165, 1.54) is 0 Å². The van der Waals surface area contributed by atoms with E-state index in [2.05, 4.69) is 17.0 Å². The molecule has 0 spiro atoms. The molecule has 0 unspecified atom stereocenters. The van der Waals surface area contributed by atoms with Gasteiger partial charge in [0.15, 0.2) is 0 Å². The monoisotopic (exact) mass is 482 g/mol. The van der Waals surface area contributed by atoms with Gasteiger partial charge in [0, 0.05) is 36.7 Å². The molecule has 6 heteroatoms. The number of aliphatic hydroxyl groups is 1. The number of carbonyl (C=O) groups is 1. The zero-order valence-electron chi connectivity index (χ0n) is 18.6. The summed E-state index contributed by atoms with van der Waals surface area (Å²) >= 11 is 12.2. The van der Waals surface area contributed by atoms with E-state index in [9.17, 15) is 9.90 Å². The topological polar surface area (TPSA) is 43.8 Å². The molecule has 4 rings (SSSR count). The summed E-state index contributed by atoms with van der Waals surface area (Å²) in [5.41, 5.74) is 2.82. The molecule has 4 nitrogen and oxygen atoms in total. The minimum Gasteiger partial charge on any atom is -0.392 e. The van der Waals surface area contributed by atoms with Gasteiger partial charge in [0.05, 0.1) is 18.1 Å². The molecule has 1 aliphatic heterocycles. The predicted molar refractivity (Wildman–Crippen MR) is 134 cm³/mol. The number of rotatable bonds is 7. The fourth-order valence-corrected chi connectivity index (χ4v) is 4.75. The molecule has 172 valence electrons. The summed E-state index contributed by atoms with van der Waals surface area (Å²) in [5.74, 6) is -0.492. The van der Waals surface area contributed by atoms with E-state index in [1.54, 1.807) is 0 Å². The van der Waals surface area contributed by atoms with Gasteiger partial charge >= 0.3 is 0 Å². The minimum absolute atomic E-state index is 0.00626. The van der Waals surface area contributed by atoms with Crippen LogP contribution in [0.2, 0.25) is 10.0 Å². The largest absolute Gasteiger partial charge is 0.392 e. The van der Waals surface area contributed by atoms with Crippen LogP contribution in [0.25, 0.3) is 0 Å². The van der Waals surface area contributed by atoms with Crippen molar-refractivity contribution in [3.8, 4) is 0 Å². The number of β-amino-alcohol motifs (C(OH)–C–C–N with tert-alkyl or cyclic N) is 1. The highest BCUT2D eigenvalue weighted by Crippen LogP contribution is 2.32. The van der Waals surface area contributed by atoms with Crippen molar-refractivity contribution in [1.29, 1.82) is 0 Å². The van der Waals surface area contributed by atoms with Crippen LogP contribution in [0.15, 0.2) is 78.9 Å². The van der Waals surface area contributed by atoms with Gasteiger partial charge in [-0.2, -0.15) is 0 Å². The van der Waals surface area contributed by atoms with Gasteiger partial charge in [0.2, 0.25) is 5.91 Å². The Hall–Kier alpha value is -2.37. The molecule has 1 amide bonds. The lowest BCUT2D eigenvalue weighted by molar-refractivity contribution is -0.133. The third kappa shape index (κ3) is 5.77. The van der Waals surface area contributed by atoms with Crippen molar-refractivity contribution in [2.24, 2.45) is 0 Å². The lowest BCUT2D eigenvalue weighted by Crippen LogP contribution is -2.41. The number of carbonyl (C=O) groups excluding carboxylic acids is 1. The number of nitrogens with zero attached hydrogens (tertiary/aromatic N) is 2. The van der Waals surface area contributed by atoms with Crippen LogP contribution in [0.5, 0.6) is 0 Å². The molecule has 3 aromatic carbocycles. The van der Waals surface area contributed by atoms with E-state index in [0.717, 1.165) is 29.7 Å². The molecule has 2 atom stereocenters. The van der Waals surface area contributed by atoms with Gasteiger partial charge in [-0.1, -0.05) is 77.8 Å². The highest BCUT2D eigenvalue weighted by Gasteiger charge is 2.32. The molecule has 0 saturated carbocycles. The molecular formula is C27H28Cl2N2O2. The van der Waals surface area contributed by atoms with Gasteiger partial charge < -0.3 is 10.0 Å². The summed E-state index contributed by atoms with van der Waals surface area (Å²) < 4.78 is 0. The van der Waals surface area contributed by atoms with Gasteiger partial charge in [0.1, 0.15) is 0 Å². The van der Waals surface area contributed by atoms with E-state index in [0.29, 0.717) is 23.1 Å². The average Bonchev–Trinajstić information content (AvgIpc) is 3.25. The average molecular weight is 483 g/mol. The first-order valence-electron chi connectivity index (χ1n) is 11.2. The van der Waals surface area contributed by atoms with Crippen molar-refractivity contribution in [3.05, 3.63) is 106 Å². The van der Waals surface area contributed by atoms with Gasteiger partial charge in [-0.3, -0.25) is 9.69 Å². The maximum Gasteiger partial charge on any atom is 0.234 e. The first-order valence-corrected chi connectivity index (χ1v) is 11.9. The number of benzene rings is 3. The summed E-state index contributed by atoms with van der Waals surface area (Å²) in [6.45, 7) is 2.12. The van der Waals surface area contributed by atoms with Crippen LogP contribution in [0.1, 0.15) is 35.1 Å². The molecule has 0 radical (unpaired) electrons. The number of halogens is 2. The molecule has 0 aliphatic carbocycles. The van der Waals surface area contributed by atoms with Crippen LogP contribution in [0.3, 0.4) is 0 Å². The molecular weight excluding hydrogens is 455 g/mol. The van der Waals surface area contributed by atoms with Crippen LogP contribution < -0.4 is 0 Å². The third-order valence-corrected chi connectivity index (χ3v) is 6.84. The molecule has 1 heterocycles. The maximum absolute atomic E-state index is 14.1. The highest BCUT2D eigenvalue weighted by atomic mass is 35.5. The summed E-state index contributed by atoms with van der Waals surface area (Å²) in [6.07, 6.45) is 0.454.